The van der Waals surface area contributed by atoms with Gasteiger partial charge in [0, 0.05) is 22.3 Å². The molecule has 0 radical (unpaired) electrons. The monoisotopic (exact) mass is 393 g/mol. The van der Waals surface area contributed by atoms with Crippen LogP contribution in [-0.4, -0.2) is 0 Å². The van der Waals surface area contributed by atoms with Gasteiger partial charge in [-0.3, -0.25) is 4.79 Å². The van der Waals surface area contributed by atoms with Gasteiger partial charge >= 0.3 is 0 Å². The summed E-state index contributed by atoms with van der Waals surface area (Å²) in [5.74, 6) is 3.32. The summed E-state index contributed by atoms with van der Waals surface area (Å²) in [7, 11) is 0. The predicted molar refractivity (Wildman–Crippen MR) is 124 cm³/mol. The lowest BCUT2D eigenvalue weighted by Gasteiger charge is -2.19. The van der Waals surface area contributed by atoms with E-state index in [1.54, 1.807) is 0 Å². The number of aryl methyl sites for hydroxylation is 1. The fourth-order valence-corrected chi connectivity index (χ4v) is 3.80. The highest BCUT2D eigenvalue weighted by Gasteiger charge is 2.19. The number of nitrogens with one attached hydrogen (secondary N) is 1. The topological polar surface area (TPSA) is 42.2 Å². The molecule has 3 nitrogen and oxygen atoms in total. The maximum atomic E-state index is 13.2. The van der Waals surface area contributed by atoms with Crippen molar-refractivity contribution in [3.05, 3.63) is 99.2 Å². The molecule has 1 heterocycles. The first-order chi connectivity index (χ1) is 14.5. The van der Waals surface area contributed by atoms with E-state index in [2.05, 4.69) is 17.3 Å². The van der Waals surface area contributed by atoms with Crippen LogP contribution in [0.3, 0.4) is 0 Å². The van der Waals surface area contributed by atoms with Crippen LogP contribution >= 0.6 is 0 Å². The fraction of sp³-hybridized carbons (Fsp3) is 0.148. The first kappa shape index (κ1) is 19.5. The molecule has 30 heavy (non-hydrogen) atoms. The summed E-state index contributed by atoms with van der Waals surface area (Å²) >= 11 is 0. The molecule has 1 N–H and O–H groups in total. The summed E-state index contributed by atoms with van der Waals surface area (Å²) in [5.41, 5.74) is 5.71. The molecule has 0 unspecified atom stereocenters. The molecule has 0 aliphatic carbocycles. The van der Waals surface area contributed by atoms with Crippen LogP contribution in [0.1, 0.15) is 35.2 Å². The van der Waals surface area contributed by atoms with Crippen LogP contribution in [0, 0.1) is 26.2 Å². The van der Waals surface area contributed by atoms with Crippen molar-refractivity contribution >= 4 is 16.7 Å². The first-order valence-electron chi connectivity index (χ1n) is 9.95. The number of anilines is 1. The van der Waals surface area contributed by atoms with Crippen molar-refractivity contribution in [1.29, 1.82) is 0 Å². The Morgan fingerprint density at radius 2 is 1.70 bits per heavy atom. The minimum Gasteiger partial charge on any atom is -0.455 e. The summed E-state index contributed by atoms with van der Waals surface area (Å²) in [6, 6.07) is 21.3. The van der Waals surface area contributed by atoms with Gasteiger partial charge in [-0.1, -0.05) is 54.5 Å². The SMILES string of the molecule is C#Cc1ccccc1N[C@H](C)c1cc(C)cc2c(=O)c(C)c(-c3ccccc3)oc12. The van der Waals surface area contributed by atoms with Crippen molar-refractivity contribution in [3.8, 4) is 23.7 Å². The maximum absolute atomic E-state index is 13.2. The largest absolute Gasteiger partial charge is 0.455 e. The molecule has 4 aromatic rings. The predicted octanol–water partition coefficient (Wildman–Crippen LogP) is 6.23. The molecule has 0 aliphatic rings. The van der Waals surface area contributed by atoms with Crippen molar-refractivity contribution in [2.75, 3.05) is 5.32 Å². The van der Waals surface area contributed by atoms with Crippen LogP contribution in [0.2, 0.25) is 0 Å². The van der Waals surface area contributed by atoms with Crippen LogP contribution < -0.4 is 10.7 Å². The summed E-state index contributed by atoms with van der Waals surface area (Å²) in [6.45, 7) is 5.86. The van der Waals surface area contributed by atoms with Gasteiger partial charge in [0.1, 0.15) is 11.3 Å². The van der Waals surface area contributed by atoms with Gasteiger partial charge in [0.05, 0.1) is 17.1 Å². The Bertz CT molecular complexity index is 1330. The van der Waals surface area contributed by atoms with Crippen molar-refractivity contribution in [3.63, 3.8) is 0 Å². The van der Waals surface area contributed by atoms with Crippen molar-refractivity contribution < 1.29 is 4.42 Å². The first-order valence-corrected chi connectivity index (χ1v) is 9.95. The van der Waals surface area contributed by atoms with E-state index in [0.717, 1.165) is 27.9 Å². The van der Waals surface area contributed by atoms with Crippen molar-refractivity contribution in [1.82, 2.24) is 0 Å². The second-order valence-corrected chi connectivity index (χ2v) is 7.54. The number of para-hydroxylation sites is 1. The normalized spacial score (nSPS) is 11.8. The molecule has 148 valence electrons. The molecule has 0 saturated heterocycles. The van der Waals surface area contributed by atoms with E-state index in [-0.39, 0.29) is 11.5 Å². The second-order valence-electron chi connectivity index (χ2n) is 7.54. The molecule has 4 rings (SSSR count). The molecule has 3 aromatic carbocycles. The van der Waals surface area contributed by atoms with E-state index in [9.17, 15) is 4.79 Å². The smallest absolute Gasteiger partial charge is 0.196 e. The van der Waals surface area contributed by atoms with Crippen molar-refractivity contribution in [2.24, 2.45) is 0 Å². The summed E-state index contributed by atoms with van der Waals surface area (Å²) in [5, 5.41) is 4.08. The summed E-state index contributed by atoms with van der Waals surface area (Å²) < 4.78 is 6.38. The lowest BCUT2D eigenvalue weighted by atomic mass is 9.98. The second kappa shape index (κ2) is 7.93. The van der Waals surface area contributed by atoms with E-state index in [0.29, 0.717) is 22.3 Å². The highest BCUT2D eigenvalue weighted by Crippen LogP contribution is 2.32. The number of hydrogen-bond acceptors (Lipinski definition) is 3. The quantitative estimate of drug-likeness (QED) is 0.418. The van der Waals surface area contributed by atoms with Gasteiger partial charge in [-0.25, -0.2) is 0 Å². The molecule has 0 spiro atoms. The number of benzene rings is 3. The zero-order chi connectivity index (χ0) is 21.3. The van der Waals surface area contributed by atoms with E-state index in [1.165, 1.54) is 0 Å². The Balaban J connectivity index is 1.90. The van der Waals surface area contributed by atoms with Crippen LogP contribution in [0.5, 0.6) is 0 Å². The standard InChI is InChI=1S/C27H23NO2/c1-5-20-11-9-10-14-24(20)28-19(4)22-15-17(2)16-23-25(29)18(3)26(30-27(22)23)21-12-7-6-8-13-21/h1,6-16,19,28H,2-4H3/t19-/m1/s1. The van der Waals surface area contributed by atoms with Crippen LogP contribution in [0.15, 0.2) is 75.9 Å². The maximum Gasteiger partial charge on any atom is 0.196 e. The van der Waals surface area contributed by atoms with Gasteiger partial charge < -0.3 is 9.73 Å². The van der Waals surface area contributed by atoms with Crippen LogP contribution in [-0.2, 0) is 0 Å². The Morgan fingerprint density at radius 1 is 1.00 bits per heavy atom. The molecular formula is C27H23NO2. The number of hydrogen-bond donors (Lipinski definition) is 1. The van der Waals surface area contributed by atoms with Gasteiger partial charge in [0.25, 0.3) is 0 Å². The van der Waals surface area contributed by atoms with Crippen LogP contribution in [0.4, 0.5) is 5.69 Å². The van der Waals surface area contributed by atoms with E-state index < -0.39 is 0 Å². The van der Waals surface area contributed by atoms with Gasteiger partial charge in [-0.2, -0.15) is 0 Å². The molecule has 3 heteroatoms. The molecule has 1 atom stereocenters. The fourth-order valence-electron chi connectivity index (χ4n) is 3.80. The Kier molecular flexibility index (Phi) is 5.16. The highest BCUT2D eigenvalue weighted by atomic mass is 16.3. The molecule has 0 saturated carbocycles. The Labute approximate surface area is 176 Å². The number of terminal acetylenes is 1. The van der Waals surface area contributed by atoms with Crippen molar-refractivity contribution in [2.45, 2.75) is 26.8 Å². The molecule has 0 aliphatic heterocycles. The van der Waals surface area contributed by atoms with Gasteiger partial charge in [-0.15, -0.1) is 6.42 Å². The van der Waals surface area contributed by atoms with Gasteiger partial charge in [-0.05, 0) is 44.5 Å². The zero-order valence-electron chi connectivity index (χ0n) is 17.3. The van der Waals surface area contributed by atoms with Gasteiger partial charge in [0.2, 0.25) is 0 Å². The third-order valence-corrected chi connectivity index (χ3v) is 5.35. The van der Waals surface area contributed by atoms with Gasteiger partial charge in [0.15, 0.2) is 5.43 Å². The van der Waals surface area contributed by atoms with E-state index in [1.807, 2.05) is 81.4 Å². The Hall–Kier alpha value is -3.77. The highest BCUT2D eigenvalue weighted by molar-refractivity contribution is 5.84. The molecule has 0 fully saturated rings. The Morgan fingerprint density at radius 3 is 2.43 bits per heavy atom. The molecular weight excluding hydrogens is 370 g/mol. The molecule has 1 aromatic heterocycles. The average molecular weight is 393 g/mol. The third-order valence-electron chi connectivity index (χ3n) is 5.35. The lowest BCUT2D eigenvalue weighted by Crippen LogP contribution is -2.13. The summed E-state index contributed by atoms with van der Waals surface area (Å²) in [4.78, 5) is 13.2. The average Bonchev–Trinajstić information content (AvgIpc) is 2.77. The third kappa shape index (κ3) is 3.49. The molecule has 0 bridgehead atoms. The zero-order valence-corrected chi connectivity index (χ0v) is 17.3. The number of fused-ring (bicyclic) bond motifs is 1. The molecule has 0 amide bonds. The minimum atomic E-state index is -0.114. The lowest BCUT2D eigenvalue weighted by molar-refractivity contribution is 0.605. The van der Waals surface area contributed by atoms with Crippen LogP contribution in [0.25, 0.3) is 22.3 Å². The van der Waals surface area contributed by atoms with E-state index in [4.69, 9.17) is 10.8 Å². The van der Waals surface area contributed by atoms with E-state index >= 15 is 0 Å². The summed E-state index contributed by atoms with van der Waals surface area (Å²) in [6.07, 6.45) is 5.65. The minimum absolute atomic E-state index is 0.00345. The number of rotatable bonds is 4.